The van der Waals surface area contributed by atoms with Gasteiger partial charge in [0.15, 0.2) is 0 Å². The number of nitro groups is 1. The largest absolute Gasteiger partial charge is 0.405 e. The van der Waals surface area contributed by atoms with Gasteiger partial charge in [0, 0.05) is 18.2 Å². The molecule has 23 heavy (non-hydrogen) atoms. The third-order valence-corrected chi connectivity index (χ3v) is 2.94. The zero-order chi connectivity index (χ0) is 17.6. The molecule has 0 saturated heterocycles. The van der Waals surface area contributed by atoms with E-state index in [-0.39, 0.29) is 16.9 Å². The molecule has 0 aromatic heterocycles. The van der Waals surface area contributed by atoms with E-state index in [1.54, 1.807) is 5.32 Å². The molecule has 0 bridgehead atoms. The fourth-order valence-corrected chi connectivity index (χ4v) is 1.75. The van der Waals surface area contributed by atoms with Crippen molar-refractivity contribution < 1.29 is 22.9 Å². The van der Waals surface area contributed by atoms with Gasteiger partial charge in [-0.15, -0.1) is 0 Å². The highest BCUT2D eigenvalue weighted by molar-refractivity contribution is 5.95. The van der Waals surface area contributed by atoms with Gasteiger partial charge >= 0.3 is 6.18 Å². The Morgan fingerprint density at radius 2 is 2.00 bits per heavy atom. The summed E-state index contributed by atoms with van der Waals surface area (Å²) >= 11 is 0. The number of alkyl halides is 3. The van der Waals surface area contributed by atoms with Crippen LogP contribution in [0.1, 0.15) is 30.6 Å². The number of carbonyl (C=O) groups is 1. The fraction of sp³-hybridized carbons (Fsp3) is 0.500. The van der Waals surface area contributed by atoms with Crippen molar-refractivity contribution in [1.82, 2.24) is 5.32 Å². The average molecular weight is 333 g/mol. The number of anilines is 1. The van der Waals surface area contributed by atoms with E-state index in [2.05, 4.69) is 5.32 Å². The van der Waals surface area contributed by atoms with Gasteiger partial charge in [-0.2, -0.15) is 13.2 Å². The summed E-state index contributed by atoms with van der Waals surface area (Å²) < 4.78 is 36.2. The van der Waals surface area contributed by atoms with Gasteiger partial charge in [0.05, 0.1) is 4.92 Å². The predicted octanol–water partition coefficient (Wildman–Crippen LogP) is 3.34. The van der Waals surface area contributed by atoms with Crippen molar-refractivity contribution >= 4 is 17.3 Å². The lowest BCUT2D eigenvalue weighted by atomic mass is 10.1. The molecule has 1 rings (SSSR count). The monoisotopic (exact) mass is 333 g/mol. The molecule has 0 atom stereocenters. The van der Waals surface area contributed by atoms with Gasteiger partial charge in [0.1, 0.15) is 12.2 Å². The Hall–Kier alpha value is -2.32. The minimum absolute atomic E-state index is 0.199. The summed E-state index contributed by atoms with van der Waals surface area (Å²) in [4.78, 5) is 22.0. The number of halogens is 3. The van der Waals surface area contributed by atoms with Crippen LogP contribution >= 0.6 is 0 Å². The van der Waals surface area contributed by atoms with Crippen molar-refractivity contribution in [1.29, 1.82) is 0 Å². The van der Waals surface area contributed by atoms with E-state index < -0.39 is 23.6 Å². The van der Waals surface area contributed by atoms with Crippen molar-refractivity contribution in [3.05, 3.63) is 33.9 Å². The van der Waals surface area contributed by atoms with Crippen LogP contribution in [-0.4, -0.2) is 30.1 Å². The Morgan fingerprint density at radius 3 is 2.52 bits per heavy atom. The first-order valence-corrected chi connectivity index (χ1v) is 6.97. The molecule has 0 spiro atoms. The number of nitrogens with zero attached hydrogens (tertiary/aromatic N) is 1. The van der Waals surface area contributed by atoms with Crippen molar-refractivity contribution in [2.75, 3.05) is 18.4 Å². The lowest BCUT2D eigenvalue weighted by molar-refractivity contribution is -0.384. The normalized spacial score (nSPS) is 11.4. The van der Waals surface area contributed by atoms with Gasteiger partial charge in [0.25, 0.3) is 11.6 Å². The predicted molar refractivity (Wildman–Crippen MR) is 79.4 cm³/mol. The number of carbonyl (C=O) groups excluding carboxylic acids is 1. The third kappa shape index (κ3) is 6.54. The molecule has 1 aromatic carbocycles. The second-order valence-electron chi connectivity index (χ2n) is 5.40. The summed E-state index contributed by atoms with van der Waals surface area (Å²) in [6.45, 7) is 3.03. The Balaban J connectivity index is 2.86. The van der Waals surface area contributed by atoms with Crippen LogP contribution in [0.15, 0.2) is 18.2 Å². The van der Waals surface area contributed by atoms with Gasteiger partial charge in [0.2, 0.25) is 0 Å². The molecule has 0 unspecified atom stereocenters. The second kappa shape index (κ2) is 7.80. The molecule has 1 amide bonds. The summed E-state index contributed by atoms with van der Waals surface area (Å²) in [5.41, 5.74) is -0.327. The molecule has 6 nitrogen and oxygen atoms in total. The highest BCUT2D eigenvalue weighted by atomic mass is 19.4. The molecule has 0 saturated carbocycles. The lowest BCUT2D eigenvalue weighted by Gasteiger charge is -2.11. The second-order valence-corrected chi connectivity index (χ2v) is 5.40. The van der Waals surface area contributed by atoms with E-state index in [1.807, 2.05) is 13.8 Å². The average Bonchev–Trinajstić information content (AvgIpc) is 2.43. The minimum Gasteiger partial charge on any atom is -0.379 e. The number of hydrogen-bond donors (Lipinski definition) is 2. The smallest absolute Gasteiger partial charge is 0.379 e. The molecule has 0 aliphatic rings. The third-order valence-electron chi connectivity index (χ3n) is 2.94. The number of nitrogens with one attached hydrogen (secondary N) is 2. The number of benzene rings is 1. The maximum absolute atomic E-state index is 12.1. The molecule has 0 aliphatic carbocycles. The maximum Gasteiger partial charge on any atom is 0.405 e. The molecule has 0 radical (unpaired) electrons. The van der Waals surface area contributed by atoms with Crippen molar-refractivity contribution in [2.24, 2.45) is 5.92 Å². The van der Waals surface area contributed by atoms with Gasteiger partial charge in [-0.3, -0.25) is 14.9 Å². The Bertz CT molecular complexity index is 574. The lowest BCUT2D eigenvalue weighted by Crippen LogP contribution is -2.33. The SMILES string of the molecule is CC(C)CCNc1ccc(C(=O)NCC(F)(F)F)cc1[N+](=O)[O-]. The van der Waals surface area contributed by atoms with Crippen molar-refractivity contribution in [3.8, 4) is 0 Å². The quantitative estimate of drug-likeness (QED) is 0.592. The van der Waals surface area contributed by atoms with Crippen LogP contribution in [0.4, 0.5) is 24.5 Å². The maximum atomic E-state index is 12.1. The number of amides is 1. The Morgan fingerprint density at radius 1 is 1.35 bits per heavy atom. The molecule has 0 fully saturated rings. The van der Waals surface area contributed by atoms with Crippen LogP contribution < -0.4 is 10.6 Å². The topological polar surface area (TPSA) is 84.3 Å². The fourth-order valence-electron chi connectivity index (χ4n) is 1.75. The standard InChI is InChI=1S/C14H18F3N3O3/c1-9(2)5-6-18-11-4-3-10(7-12(11)20(22)23)13(21)19-8-14(15,16)17/h3-4,7,9,18H,5-6,8H2,1-2H3,(H,19,21). The number of nitro benzene ring substituents is 1. The zero-order valence-electron chi connectivity index (χ0n) is 12.7. The molecule has 9 heteroatoms. The molecule has 0 heterocycles. The van der Waals surface area contributed by atoms with Gasteiger partial charge in [-0.05, 0) is 24.5 Å². The van der Waals surface area contributed by atoms with E-state index in [0.29, 0.717) is 12.5 Å². The van der Waals surface area contributed by atoms with Gasteiger partial charge < -0.3 is 10.6 Å². The summed E-state index contributed by atoms with van der Waals surface area (Å²) in [6.07, 6.45) is -3.75. The number of hydrogen-bond acceptors (Lipinski definition) is 4. The van der Waals surface area contributed by atoms with Crippen LogP contribution in [0.5, 0.6) is 0 Å². The Labute approximate surface area is 131 Å². The number of rotatable bonds is 7. The van der Waals surface area contributed by atoms with Crippen LogP contribution in [0, 0.1) is 16.0 Å². The summed E-state index contributed by atoms with van der Waals surface area (Å²) in [7, 11) is 0. The molecule has 128 valence electrons. The molecule has 1 aromatic rings. The minimum atomic E-state index is -4.54. The van der Waals surface area contributed by atoms with Crippen LogP contribution in [0.25, 0.3) is 0 Å². The molecular formula is C14H18F3N3O3. The highest BCUT2D eigenvalue weighted by Gasteiger charge is 2.28. The van der Waals surface area contributed by atoms with Crippen LogP contribution in [0.2, 0.25) is 0 Å². The first kappa shape index (κ1) is 18.7. The van der Waals surface area contributed by atoms with Crippen molar-refractivity contribution in [3.63, 3.8) is 0 Å². The molecule has 0 aliphatic heterocycles. The van der Waals surface area contributed by atoms with E-state index in [4.69, 9.17) is 0 Å². The van der Waals surface area contributed by atoms with E-state index in [1.165, 1.54) is 12.1 Å². The Kier molecular flexibility index (Phi) is 6.35. The first-order chi connectivity index (χ1) is 10.6. The van der Waals surface area contributed by atoms with E-state index >= 15 is 0 Å². The highest BCUT2D eigenvalue weighted by Crippen LogP contribution is 2.26. The summed E-state index contributed by atoms with van der Waals surface area (Å²) in [5.74, 6) is -0.604. The van der Waals surface area contributed by atoms with Crippen molar-refractivity contribution in [2.45, 2.75) is 26.4 Å². The van der Waals surface area contributed by atoms with Crippen LogP contribution in [-0.2, 0) is 0 Å². The van der Waals surface area contributed by atoms with Gasteiger partial charge in [-0.1, -0.05) is 13.8 Å². The summed E-state index contributed by atoms with van der Waals surface area (Å²) in [5, 5.41) is 15.6. The zero-order valence-corrected chi connectivity index (χ0v) is 12.7. The van der Waals surface area contributed by atoms with E-state index in [9.17, 15) is 28.1 Å². The van der Waals surface area contributed by atoms with Crippen LogP contribution in [0.3, 0.4) is 0 Å². The first-order valence-electron chi connectivity index (χ1n) is 6.97. The van der Waals surface area contributed by atoms with Gasteiger partial charge in [-0.25, -0.2) is 0 Å². The molecular weight excluding hydrogens is 315 g/mol. The summed E-state index contributed by atoms with van der Waals surface area (Å²) in [6, 6.07) is 3.53. The van der Waals surface area contributed by atoms with E-state index in [0.717, 1.165) is 12.5 Å². The molecule has 2 N–H and O–H groups in total.